The molecule has 1 aliphatic heterocycles. The number of rotatable bonds is 4. The van der Waals surface area contributed by atoms with Crippen molar-refractivity contribution in [2.75, 3.05) is 25.5 Å². The summed E-state index contributed by atoms with van der Waals surface area (Å²) in [5, 5.41) is 14.1. The highest BCUT2D eigenvalue weighted by atomic mass is 16.7. The molecule has 1 aromatic rings. The molecule has 0 aliphatic carbocycles. The first-order valence-electron chi connectivity index (χ1n) is 6.22. The summed E-state index contributed by atoms with van der Waals surface area (Å²) in [7, 11) is 1.67. The highest BCUT2D eigenvalue weighted by Gasteiger charge is 2.20. The molecule has 104 valence electrons. The highest BCUT2D eigenvalue weighted by Crippen LogP contribution is 2.15. The van der Waals surface area contributed by atoms with E-state index in [1.54, 1.807) is 14.0 Å². The fraction of sp³-hybridized carbons (Fsp3) is 0.583. The fourth-order valence-corrected chi connectivity index (χ4v) is 2.11. The molecule has 0 unspecified atom stereocenters. The van der Waals surface area contributed by atoms with Gasteiger partial charge in [0, 0.05) is 25.3 Å². The van der Waals surface area contributed by atoms with E-state index >= 15 is 0 Å². The van der Waals surface area contributed by atoms with Gasteiger partial charge in [-0.2, -0.15) is 5.06 Å². The first-order valence-corrected chi connectivity index (χ1v) is 6.22. The molecule has 0 amide bonds. The topological polar surface area (TPSA) is 87.6 Å². The molecule has 0 atom stereocenters. The number of hydrogen-bond acceptors (Lipinski definition) is 6. The Kier molecular flexibility index (Phi) is 4.28. The van der Waals surface area contributed by atoms with Gasteiger partial charge in [0.15, 0.2) is 0 Å². The average Bonchev–Trinajstić information content (AvgIpc) is 2.39. The Bertz CT molecular complexity index is 458. The van der Waals surface area contributed by atoms with Crippen molar-refractivity contribution in [3.63, 3.8) is 0 Å². The standard InChI is InChI=1S/C12H18N4O3/c1-8-10(11(17)18)7-13-12(14-8)15-9-3-5-16(19-2)6-4-9/h7,9H,3-6H2,1-2H3,(H,17,18)(H,13,14,15). The maximum absolute atomic E-state index is 10.9. The quantitative estimate of drug-likeness (QED) is 0.837. The van der Waals surface area contributed by atoms with Crippen molar-refractivity contribution in [2.24, 2.45) is 0 Å². The Morgan fingerprint density at radius 1 is 1.53 bits per heavy atom. The van der Waals surface area contributed by atoms with Crippen LogP contribution in [-0.2, 0) is 4.84 Å². The van der Waals surface area contributed by atoms with Crippen molar-refractivity contribution in [3.8, 4) is 0 Å². The predicted molar refractivity (Wildman–Crippen MR) is 69.0 cm³/mol. The minimum absolute atomic E-state index is 0.139. The average molecular weight is 266 g/mol. The summed E-state index contributed by atoms with van der Waals surface area (Å²) >= 11 is 0. The van der Waals surface area contributed by atoms with Crippen molar-refractivity contribution >= 4 is 11.9 Å². The molecule has 1 aromatic heterocycles. The normalized spacial score (nSPS) is 17.4. The zero-order chi connectivity index (χ0) is 13.8. The molecule has 7 nitrogen and oxygen atoms in total. The Labute approximate surface area is 111 Å². The molecular formula is C12H18N4O3. The van der Waals surface area contributed by atoms with Crippen LogP contribution >= 0.6 is 0 Å². The number of nitrogens with zero attached hydrogens (tertiary/aromatic N) is 3. The molecule has 1 fully saturated rings. The van der Waals surface area contributed by atoms with E-state index in [1.165, 1.54) is 6.20 Å². The summed E-state index contributed by atoms with van der Waals surface area (Å²) in [6.45, 7) is 3.39. The van der Waals surface area contributed by atoms with Gasteiger partial charge in [0.25, 0.3) is 0 Å². The third kappa shape index (κ3) is 3.39. The molecule has 19 heavy (non-hydrogen) atoms. The number of carboxylic acid groups (broad SMARTS) is 1. The number of aromatic carboxylic acids is 1. The summed E-state index contributed by atoms with van der Waals surface area (Å²) in [4.78, 5) is 24.3. The third-order valence-corrected chi connectivity index (χ3v) is 3.26. The van der Waals surface area contributed by atoms with E-state index in [4.69, 9.17) is 9.94 Å². The zero-order valence-electron chi connectivity index (χ0n) is 11.1. The number of aromatic nitrogens is 2. The number of nitrogens with one attached hydrogen (secondary N) is 1. The summed E-state index contributed by atoms with van der Waals surface area (Å²) in [6.07, 6.45) is 3.23. The van der Waals surface area contributed by atoms with Crippen molar-refractivity contribution in [1.82, 2.24) is 15.0 Å². The number of hydroxylamine groups is 2. The van der Waals surface area contributed by atoms with Gasteiger partial charge in [-0.25, -0.2) is 14.8 Å². The second-order valence-electron chi connectivity index (χ2n) is 4.53. The number of aryl methyl sites for hydroxylation is 1. The first kappa shape index (κ1) is 13.7. The molecule has 7 heteroatoms. The smallest absolute Gasteiger partial charge is 0.339 e. The van der Waals surface area contributed by atoms with Gasteiger partial charge in [0.05, 0.1) is 18.4 Å². The summed E-state index contributed by atoms with van der Waals surface area (Å²) in [5.74, 6) is -0.518. The van der Waals surface area contributed by atoms with E-state index in [1.807, 2.05) is 5.06 Å². The number of hydrogen-bond donors (Lipinski definition) is 2. The number of carboxylic acids is 1. The van der Waals surface area contributed by atoms with Crippen LogP contribution in [-0.4, -0.2) is 52.3 Å². The van der Waals surface area contributed by atoms with E-state index in [9.17, 15) is 4.79 Å². The minimum atomic E-state index is -1.00. The molecular weight excluding hydrogens is 248 g/mol. The van der Waals surface area contributed by atoms with Gasteiger partial charge in [-0.15, -0.1) is 0 Å². The highest BCUT2D eigenvalue weighted by molar-refractivity contribution is 5.88. The van der Waals surface area contributed by atoms with Crippen LogP contribution in [0.2, 0.25) is 0 Å². The van der Waals surface area contributed by atoms with E-state index < -0.39 is 5.97 Å². The Hall–Kier alpha value is -1.73. The van der Waals surface area contributed by atoms with E-state index in [-0.39, 0.29) is 5.56 Å². The Balaban J connectivity index is 1.97. The van der Waals surface area contributed by atoms with Gasteiger partial charge < -0.3 is 15.3 Å². The van der Waals surface area contributed by atoms with E-state index in [0.29, 0.717) is 17.7 Å². The lowest BCUT2D eigenvalue weighted by atomic mass is 10.1. The van der Waals surface area contributed by atoms with Crippen LogP contribution in [0, 0.1) is 6.92 Å². The largest absolute Gasteiger partial charge is 0.478 e. The minimum Gasteiger partial charge on any atom is -0.478 e. The maximum atomic E-state index is 10.9. The molecule has 0 saturated carbocycles. The van der Waals surface area contributed by atoms with Crippen LogP contribution in [0.25, 0.3) is 0 Å². The van der Waals surface area contributed by atoms with Gasteiger partial charge in [-0.1, -0.05) is 0 Å². The fourth-order valence-electron chi connectivity index (χ4n) is 2.11. The van der Waals surface area contributed by atoms with Gasteiger partial charge >= 0.3 is 5.97 Å². The molecule has 0 spiro atoms. The summed E-state index contributed by atoms with van der Waals surface area (Å²) in [5.41, 5.74) is 0.610. The van der Waals surface area contributed by atoms with E-state index in [0.717, 1.165) is 25.9 Å². The van der Waals surface area contributed by atoms with E-state index in [2.05, 4.69) is 15.3 Å². The first-order chi connectivity index (χ1) is 9.10. The van der Waals surface area contributed by atoms with Crippen LogP contribution in [0.3, 0.4) is 0 Å². The van der Waals surface area contributed by atoms with Crippen LogP contribution in [0.5, 0.6) is 0 Å². The summed E-state index contributed by atoms with van der Waals surface area (Å²) in [6, 6.07) is 0.293. The maximum Gasteiger partial charge on any atom is 0.339 e. The molecule has 1 saturated heterocycles. The monoisotopic (exact) mass is 266 g/mol. The Morgan fingerprint density at radius 2 is 2.21 bits per heavy atom. The van der Waals surface area contributed by atoms with Gasteiger partial charge in [0.2, 0.25) is 5.95 Å². The van der Waals surface area contributed by atoms with Crippen LogP contribution in [0.15, 0.2) is 6.20 Å². The zero-order valence-corrected chi connectivity index (χ0v) is 11.1. The SMILES string of the molecule is CON1CCC(Nc2ncc(C(=O)O)c(C)n2)CC1. The lowest BCUT2D eigenvalue weighted by molar-refractivity contribution is -0.142. The van der Waals surface area contributed by atoms with Crippen LogP contribution in [0.4, 0.5) is 5.95 Å². The molecule has 2 N–H and O–H groups in total. The van der Waals surface area contributed by atoms with Crippen molar-refractivity contribution < 1.29 is 14.7 Å². The molecule has 2 heterocycles. The van der Waals surface area contributed by atoms with Crippen LogP contribution in [0.1, 0.15) is 28.9 Å². The number of piperidine rings is 1. The predicted octanol–water partition coefficient (Wildman–Crippen LogP) is 0.921. The van der Waals surface area contributed by atoms with Gasteiger partial charge in [-0.05, 0) is 19.8 Å². The second kappa shape index (κ2) is 5.94. The van der Waals surface area contributed by atoms with Crippen molar-refractivity contribution in [3.05, 3.63) is 17.5 Å². The number of anilines is 1. The lowest BCUT2D eigenvalue weighted by Gasteiger charge is -2.30. The molecule has 0 bridgehead atoms. The van der Waals surface area contributed by atoms with Gasteiger partial charge in [-0.3, -0.25) is 0 Å². The second-order valence-corrected chi connectivity index (χ2v) is 4.53. The number of carbonyl (C=O) groups is 1. The molecule has 0 aromatic carbocycles. The lowest BCUT2D eigenvalue weighted by Crippen LogP contribution is -2.38. The Morgan fingerprint density at radius 3 is 2.74 bits per heavy atom. The third-order valence-electron chi connectivity index (χ3n) is 3.26. The van der Waals surface area contributed by atoms with Crippen LogP contribution < -0.4 is 5.32 Å². The van der Waals surface area contributed by atoms with Crippen molar-refractivity contribution in [2.45, 2.75) is 25.8 Å². The molecule has 0 radical (unpaired) electrons. The summed E-state index contributed by atoms with van der Waals surface area (Å²) < 4.78 is 0. The molecule has 1 aliphatic rings. The molecule has 2 rings (SSSR count). The van der Waals surface area contributed by atoms with Gasteiger partial charge in [0.1, 0.15) is 0 Å². The van der Waals surface area contributed by atoms with Crippen molar-refractivity contribution in [1.29, 1.82) is 0 Å².